The number of hydrogen-bond donors (Lipinski definition) is 1. The molecule has 0 radical (unpaired) electrons. The fourth-order valence-electron chi connectivity index (χ4n) is 4.07. The zero-order valence-electron chi connectivity index (χ0n) is 19.1. The number of aryl methyl sites for hydroxylation is 1. The summed E-state index contributed by atoms with van der Waals surface area (Å²) in [5.74, 6) is -4.45. The number of amides is 2. The van der Waals surface area contributed by atoms with E-state index in [-0.39, 0.29) is 45.1 Å². The molecule has 2 amide bonds. The van der Waals surface area contributed by atoms with Gasteiger partial charge < -0.3 is 15.2 Å². The topological polar surface area (TPSA) is 68.3 Å². The highest BCUT2D eigenvalue weighted by Crippen LogP contribution is 2.42. The number of benzene rings is 2. The molecule has 0 saturated heterocycles. The van der Waals surface area contributed by atoms with Gasteiger partial charge in [-0.15, -0.1) is 0 Å². The third-order valence-corrected chi connectivity index (χ3v) is 5.93. The molecule has 1 aromatic heterocycles. The Balaban J connectivity index is 2.25. The Morgan fingerprint density at radius 1 is 1.05 bits per heavy atom. The predicted molar refractivity (Wildman–Crippen MR) is 118 cm³/mol. The van der Waals surface area contributed by atoms with Crippen molar-refractivity contribution in [3.63, 3.8) is 0 Å². The minimum absolute atomic E-state index is 0.0786. The number of alkyl halides is 8. The van der Waals surface area contributed by atoms with E-state index in [9.17, 15) is 49.1 Å². The van der Waals surface area contributed by atoms with E-state index >= 15 is 0 Å². The Kier molecular flexibility index (Phi) is 7.97. The second kappa shape index (κ2) is 10.4. The average Bonchev–Trinajstić information content (AvgIpc) is 3.13. The van der Waals surface area contributed by atoms with Crippen molar-refractivity contribution < 1.29 is 49.1 Å². The minimum Gasteiger partial charge on any atom is -0.366 e. The normalized spacial score (nSPS) is 13.3. The molecule has 3 aromatic rings. The number of primary amides is 1. The number of aromatic nitrogens is 1. The molecule has 206 valence electrons. The Morgan fingerprint density at radius 2 is 1.68 bits per heavy atom. The summed E-state index contributed by atoms with van der Waals surface area (Å²) in [6.07, 6.45) is -14.5. The quantitative estimate of drug-likeness (QED) is 0.324. The van der Waals surface area contributed by atoms with Crippen LogP contribution in [-0.4, -0.2) is 40.4 Å². The van der Waals surface area contributed by atoms with Gasteiger partial charge >= 0.3 is 12.4 Å². The lowest BCUT2D eigenvalue weighted by molar-refractivity contribution is -0.182. The minimum atomic E-state index is -5.54. The maximum atomic E-state index is 14.2. The summed E-state index contributed by atoms with van der Waals surface area (Å²) in [6.45, 7) is -0.425. The van der Waals surface area contributed by atoms with E-state index in [2.05, 4.69) is 0 Å². The lowest BCUT2D eigenvalue weighted by atomic mass is 10.0. The molecule has 0 spiro atoms. The van der Waals surface area contributed by atoms with Crippen LogP contribution in [0.1, 0.15) is 44.9 Å². The van der Waals surface area contributed by atoms with Crippen LogP contribution < -0.4 is 5.73 Å². The fraction of sp³-hybridized carbons (Fsp3) is 0.304. The third kappa shape index (κ3) is 5.69. The summed E-state index contributed by atoms with van der Waals surface area (Å²) in [7, 11) is 0. The molecule has 5 nitrogen and oxygen atoms in total. The molecular formula is C23H17ClF9N3O2. The zero-order valence-corrected chi connectivity index (χ0v) is 19.9. The van der Waals surface area contributed by atoms with Crippen molar-refractivity contribution in [3.05, 3.63) is 69.6 Å². The summed E-state index contributed by atoms with van der Waals surface area (Å²) < 4.78 is 124. The first-order chi connectivity index (χ1) is 17.5. The fourth-order valence-corrected chi connectivity index (χ4v) is 4.32. The van der Waals surface area contributed by atoms with E-state index in [1.807, 2.05) is 0 Å². The van der Waals surface area contributed by atoms with Gasteiger partial charge in [-0.05, 0) is 42.8 Å². The molecule has 3 rings (SSSR count). The maximum absolute atomic E-state index is 14.2. The van der Waals surface area contributed by atoms with Crippen LogP contribution in [0.2, 0.25) is 5.02 Å². The van der Waals surface area contributed by atoms with Gasteiger partial charge in [-0.1, -0.05) is 17.7 Å². The highest BCUT2D eigenvalue weighted by Gasteiger charge is 2.49. The molecule has 15 heteroatoms. The van der Waals surface area contributed by atoms with Gasteiger partial charge in [-0.3, -0.25) is 9.59 Å². The number of nitrogens with zero attached hydrogens (tertiary/aromatic N) is 2. The first-order valence-electron chi connectivity index (χ1n) is 10.6. The predicted octanol–water partition coefficient (Wildman–Crippen LogP) is 6.58. The molecule has 38 heavy (non-hydrogen) atoms. The number of halogens is 10. The zero-order chi connectivity index (χ0) is 28.7. The van der Waals surface area contributed by atoms with Crippen LogP contribution in [0.15, 0.2) is 36.4 Å². The average molecular weight is 574 g/mol. The van der Waals surface area contributed by atoms with Crippen molar-refractivity contribution >= 4 is 34.3 Å². The summed E-state index contributed by atoms with van der Waals surface area (Å²) in [5.41, 5.74) is 1.30. The molecule has 1 heterocycles. The van der Waals surface area contributed by atoms with Crippen molar-refractivity contribution in [1.82, 2.24) is 9.47 Å². The van der Waals surface area contributed by atoms with Crippen LogP contribution in [0, 0.1) is 5.82 Å². The highest BCUT2D eigenvalue weighted by molar-refractivity contribution is 6.34. The number of carbonyl (C=O) groups is 2. The Bertz CT molecular complexity index is 1380. The largest absolute Gasteiger partial charge is 0.419 e. The summed E-state index contributed by atoms with van der Waals surface area (Å²) in [5, 5.41) is -0.0458. The first kappa shape index (κ1) is 29.1. The number of carbonyl (C=O) groups excluding carboxylic acids is 2. The number of fused-ring (bicyclic) bond motifs is 1. The van der Waals surface area contributed by atoms with Gasteiger partial charge in [0.05, 0.1) is 28.2 Å². The van der Waals surface area contributed by atoms with E-state index < -0.39 is 65.8 Å². The van der Waals surface area contributed by atoms with E-state index in [4.69, 9.17) is 17.3 Å². The van der Waals surface area contributed by atoms with Crippen LogP contribution in [0.3, 0.4) is 0 Å². The van der Waals surface area contributed by atoms with Gasteiger partial charge in [0.1, 0.15) is 11.5 Å². The third-order valence-electron chi connectivity index (χ3n) is 5.62. The van der Waals surface area contributed by atoms with Gasteiger partial charge in [-0.2, -0.15) is 26.3 Å². The van der Waals surface area contributed by atoms with Gasteiger partial charge in [0.25, 0.3) is 12.3 Å². The Hall–Kier alpha value is -3.42. The first-order valence-corrected chi connectivity index (χ1v) is 11.0. The molecule has 0 fully saturated rings. The van der Waals surface area contributed by atoms with Gasteiger partial charge in [0.2, 0.25) is 5.91 Å². The van der Waals surface area contributed by atoms with E-state index in [1.165, 1.54) is 13.0 Å². The molecule has 1 unspecified atom stereocenters. The molecule has 0 aliphatic heterocycles. The van der Waals surface area contributed by atoms with Crippen LogP contribution >= 0.6 is 11.6 Å². The molecule has 0 bridgehead atoms. The number of nitrogens with two attached hydrogens (primary N) is 1. The summed E-state index contributed by atoms with van der Waals surface area (Å²) >= 11 is 6.02. The molecule has 0 aliphatic carbocycles. The second-order valence-corrected chi connectivity index (χ2v) is 8.47. The van der Waals surface area contributed by atoms with Gasteiger partial charge in [0, 0.05) is 11.9 Å². The lowest BCUT2D eigenvalue weighted by Gasteiger charge is -2.34. The van der Waals surface area contributed by atoms with E-state index in [0.29, 0.717) is 6.07 Å². The maximum Gasteiger partial charge on any atom is 0.419 e. The van der Waals surface area contributed by atoms with E-state index in [0.717, 1.165) is 16.7 Å². The number of hydrogen-bond acceptors (Lipinski definition) is 2. The Labute approximate surface area is 213 Å². The SMILES string of the molecule is CCn1c(C(=O)N(CC(F)F)C(c2ccc(F)c(C(F)(F)F)c2)C(F)(F)F)cc2cc(C(N)=O)c(Cl)cc21. The van der Waals surface area contributed by atoms with Crippen LogP contribution in [-0.2, 0) is 12.7 Å². The van der Waals surface area contributed by atoms with Gasteiger partial charge in [-0.25, -0.2) is 13.2 Å². The summed E-state index contributed by atoms with van der Waals surface area (Å²) in [4.78, 5) is 24.7. The van der Waals surface area contributed by atoms with Crippen molar-refractivity contribution in [2.24, 2.45) is 5.73 Å². The van der Waals surface area contributed by atoms with Crippen molar-refractivity contribution in [2.75, 3.05) is 6.54 Å². The molecule has 1 atom stereocenters. The van der Waals surface area contributed by atoms with Gasteiger partial charge in [0.15, 0.2) is 6.04 Å². The molecule has 0 saturated carbocycles. The van der Waals surface area contributed by atoms with Crippen molar-refractivity contribution in [2.45, 2.75) is 38.3 Å². The molecular weight excluding hydrogens is 557 g/mol. The molecule has 2 N–H and O–H groups in total. The molecule has 2 aromatic carbocycles. The number of rotatable bonds is 7. The highest BCUT2D eigenvalue weighted by atomic mass is 35.5. The molecule has 0 aliphatic rings. The van der Waals surface area contributed by atoms with Crippen molar-refractivity contribution in [3.8, 4) is 0 Å². The van der Waals surface area contributed by atoms with E-state index in [1.54, 1.807) is 0 Å². The standard InChI is InChI=1S/C23H17ClF9N3O2/c1-2-35-16-8-14(24)12(20(34)37)5-11(16)7-17(35)21(38)36(9-18(26)27)19(23(31,32)33)10-3-4-15(25)13(6-10)22(28,29)30/h3-8,18-19H,2,9H2,1H3,(H2,34,37). The smallest absolute Gasteiger partial charge is 0.366 e. The lowest BCUT2D eigenvalue weighted by Crippen LogP contribution is -2.45. The monoisotopic (exact) mass is 573 g/mol. The van der Waals surface area contributed by atoms with Crippen LogP contribution in [0.5, 0.6) is 0 Å². The van der Waals surface area contributed by atoms with Crippen LogP contribution in [0.25, 0.3) is 10.9 Å². The van der Waals surface area contributed by atoms with Crippen LogP contribution in [0.4, 0.5) is 39.5 Å². The summed E-state index contributed by atoms with van der Waals surface area (Å²) in [6, 6.07) is 0.345. The Morgan fingerprint density at radius 3 is 2.18 bits per heavy atom. The van der Waals surface area contributed by atoms with Crippen molar-refractivity contribution in [1.29, 1.82) is 0 Å². The second-order valence-electron chi connectivity index (χ2n) is 8.06.